The molecule has 1 N–H and O–H groups in total. The molecule has 0 radical (unpaired) electrons. The van der Waals surface area contributed by atoms with Crippen molar-refractivity contribution in [2.45, 2.75) is 13.0 Å². The van der Waals surface area contributed by atoms with Crippen LogP contribution in [-0.4, -0.2) is 67.8 Å². The lowest BCUT2D eigenvalue weighted by molar-refractivity contribution is -0.149. The average Bonchev–Trinajstić information content (AvgIpc) is 2.52. The standard InChI is InChI=1S/C15H21N3O4/c1-11-5-12(7-16-6-11)15(20)17-8-13-9-18(3-4-21-2)14(19)10-22-13/h5-7,13H,3-4,8-10H2,1-2H3,(H,17,20). The van der Waals surface area contributed by atoms with Crippen molar-refractivity contribution in [3.8, 4) is 0 Å². The zero-order chi connectivity index (χ0) is 15.9. The highest BCUT2D eigenvalue weighted by molar-refractivity contribution is 5.94. The summed E-state index contributed by atoms with van der Waals surface area (Å²) in [6.45, 7) is 3.74. The number of ether oxygens (including phenoxy) is 2. The maximum atomic E-state index is 12.1. The minimum Gasteiger partial charge on any atom is -0.383 e. The van der Waals surface area contributed by atoms with E-state index in [4.69, 9.17) is 9.47 Å². The highest BCUT2D eigenvalue weighted by atomic mass is 16.5. The summed E-state index contributed by atoms with van der Waals surface area (Å²) in [5, 5.41) is 2.81. The van der Waals surface area contributed by atoms with E-state index in [9.17, 15) is 9.59 Å². The third kappa shape index (κ3) is 4.51. The summed E-state index contributed by atoms with van der Waals surface area (Å²) in [5.41, 5.74) is 1.45. The van der Waals surface area contributed by atoms with Crippen molar-refractivity contribution in [2.75, 3.05) is 40.0 Å². The van der Waals surface area contributed by atoms with Gasteiger partial charge in [0, 0.05) is 39.1 Å². The first kappa shape index (κ1) is 16.4. The van der Waals surface area contributed by atoms with Gasteiger partial charge in [-0.2, -0.15) is 0 Å². The van der Waals surface area contributed by atoms with Crippen molar-refractivity contribution < 1.29 is 19.1 Å². The number of aryl methyl sites for hydroxylation is 1. The van der Waals surface area contributed by atoms with Crippen LogP contribution in [0.15, 0.2) is 18.5 Å². The molecule has 2 rings (SSSR count). The van der Waals surface area contributed by atoms with Gasteiger partial charge in [-0.15, -0.1) is 0 Å². The molecule has 1 aromatic rings. The second-order valence-electron chi connectivity index (χ2n) is 5.23. The normalized spacial score (nSPS) is 18.4. The Morgan fingerprint density at radius 3 is 3.09 bits per heavy atom. The molecule has 2 heterocycles. The Bertz CT molecular complexity index is 535. The molecule has 1 aliphatic rings. The van der Waals surface area contributed by atoms with E-state index >= 15 is 0 Å². The Labute approximate surface area is 129 Å². The lowest BCUT2D eigenvalue weighted by atomic mass is 10.2. The molecule has 22 heavy (non-hydrogen) atoms. The third-order valence-electron chi connectivity index (χ3n) is 3.41. The van der Waals surface area contributed by atoms with Crippen LogP contribution in [0, 0.1) is 6.92 Å². The van der Waals surface area contributed by atoms with Gasteiger partial charge in [0.05, 0.1) is 18.3 Å². The summed E-state index contributed by atoms with van der Waals surface area (Å²) >= 11 is 0. The monoisotopic (exact) mass is 307 g/mol. The van der Waals surface area contributed by atoms with Crippen LogP contribution in [0.2, 0.25) is 0 Å². The summed E-state index contributed by atoms with van der Waals surface area (Å²) in [5.74, 6) is -0.248. The number of amides is 2. The number of carbonyl (C=O) groups excluding carboxylic acids is 2. The molecule has 1 unspecified atom stereocenters. The van der Waals surface area contributed by atoms with E-state index in [0.29, 0.717) is 31.8 Å². The van der Waals surface area contributed by atoms with Crippen LogP contribution in [-0.2, 0) is 14.3 Å². The number of morpholine rings is 1. The lowest BCUT2D eigenvalue weighted by Gasteiger charge is -2.32. The van der Waals surface area contributed by atoms with Gasteiger partial charge in [-0.05, 0) is 18.6 Å². The molecule has 1 aromatic heterocycles. The van der Waals surface area contributed by atoms with E-state index in [1.54, 1.807) is 24.3 Å². The number of hydrogen-bond donors (Lipinski definition) is 1. The highest BCUT2D eigenvalue weighted by Gasteiger charge is 2.26. The van der Waals surface area contributed by atoms with Crippen LogP contribution in [0.4, 0.5) is 0 Å². The lowest BCUT2D eigenvalue weighted by Crippen LogP contribution is -2.51. The first-order valence-electron chi connectivity index (χ1n) is 7.18. The molecule has 1 saturated heterocycles. The molecular formula is C15H21N3O4. The van der Waals surface area contributed by atoms with Crippen LogP contribution in [0.1, 0.15) is 15.9 Å². The van der Waals surface area contributed by atoms with Gasteiger partial charge in [-0.1, -0.05) is 0 Å². The highest BCUT2D eigenvalue weighted by Crippen LogP contribution is 2.06. The second kappa shape index (κ2) is 7.86. The third-order valence-corrected chi connectivity index (χ3v) is 3.41. The molecule has 0 spiro atoms. The van der Waals surface area contributed by atoms with Gasteiger partial charge < -0.3 is 19.7 Å². The summed E-state index contributed by atoms with van der Waals surface area (Å²) in [6.07, 6.45) is 3.01. The fourth-order valence-electron chi connectivity index (χ4n) is 2.21. The molecule has 0 saturated carbocycles. The van der Waals surface area contributed by atoms with E-state index in [2.05, 4.69) is 10.3 Å². The molecule has 0 aliphatic carbocycles. The smallest absolute Gasteiger partial charge is 0.252 e. The molecule has 1 fully saturated rings. The first-order valence-corrected chi connectivity index (χ1v) is 7.18. The Balaban J connectivity index is 1.83. The summed E-state index contributed by atoms with van der Waals surface area (Å²) in [6, 6.07) is 1.78. The molecule has 1 aliphatic heterocycles. The average molecular weight is 307 g/mol. The minimum absolute atomic E-state index is 0.0379. The largest absolute Gasteiger partial charge is 0.383 e. The van der Waals surface area contributed by atoms with Crippen molar-refractivity contribution >= 4 is 11.8 Å². The van der Waals surface area contributed by atoms with Crippen LogP contribution in [0.5, 0.6) is 0 Å². The molecule has 0 aromatic carbocycles. The van der Waals surface area contributed by atoms with Gasteiger partial charge in [0.25, 0.3) is 5.91 Å². The Kier molecular flexibility index (Phi) is 5.85. The molecule has 0 bridgehead atoms. The first-order chi connectivity index (χ1) is 10.6. The number of pyridine rings is 1. The Morgan fingerprint density at radius 1 is 1.55 bits per heavy atom. The predicted octanol–water partition coefficient (Wildman–Crippen LogP) is -0.00638. The number of methoxy groups -OCH3 is 1. The van der Waals surface area contributed by atoms with Crippen molar-refractivity contribution in [3.63, 3.8) is 0 Å². The van der Waals surface area contributed by atoms with Crippen molar-refractivity contribution in [2.24, 2.45) is 0 Å². The molecule has 7 heteroatoms. The van der Waals surface area contributed by atoms with Crippen LogP contribution >= 0.6 is 0 Å². The van der Waals surface area contributed by atoms with Gasteiger partial charge in [0.2, 0.25) is 5.91 Å². The van der Waals surface area contributed by atoms with Gasteiger partial charge in [0.15, 0.2) is 0 Å². The summed E-state index contributed by atoms with van der Waals surface area (Å²) < 4.78 is 10.4. The fourth-order valence-corrected chi connectivity index (χ4v) is 2.21. The summed E-state index contributed by atoms with van der Waals surface area (Å²) in [7, 11) is 1.60. The van der Waals surface area contributed by atoms with E-state index in [1.165, 1.54) is 6.20 Å². The fraction of sp³-hybridized carbons (Fsp3) is 0.533. The zero-order valence-corrected chi connectivity index (χ0v) is 12.9. The Hall–Kier alpha value is -1.99. The Morgan fingerprint density at radius 2 is 2.36 bits per heavy atom. The number of nitrogens with one attached hydrogen (secondary N) is 1. The maximum absolute atomic E-state index is 12.1. The van der Waals surface area contributed by atoms with Gasteiger partial charge in [0.1, 0.15) is 6.61 Å². The minimum atomic E-state index is -0.212. The van der Waals surface area contributed by atoms with E-state index in [-0.39, 0.29) is 24.5 Å². The van der Waals surface area contributed by atoms with Crippen LogP contribution < -0.4 is 5.32 Å². The molecule has 7 nitrogen and oxygen atoms in total. The van der Waals surface area contributed by atoms with Crippen molar-refractivity contribution in [1.82, 2.24) is 15.2 Å². The van der Waals surface area contributed by atoms with Crippen LogP contribution in [0.25, 0.3) is 0 Å². The number of nitrogens with zero attached hydrogens (tertiary/aromatic N) is 2. The molecule has 1 atom stereocenters. The predicted molar refractivity (Wildman–Crippen MR) is 79.5 cm³/mol. The number of hydrogen-bond acceptors (Lipinski definition) is 5. The van der Waals surface area contributed by atoms with E-state index in [0.717, 1.165) is 5.56 Å². The SMILES string of the molecule is COCCN1CC(CNC(=O)c2cncc(C)c2)OCC1=O. The quantitative estimate of drug-likeness (QED) is 0.800. The molecule has 2 amide bonds. The van der Waals surface area contributed by atoms with Gasteiger partial charge >= 0.3 is 0 Å². The van der Waals surface area contributed by atoms with Crippen molar-refractivity contribution in [3.05, 3.63) is 29.6 Å². The molecule has 120 valence electrons. The zero-order valence-electron chi connectivity index (χ0n) is 12.9. The van der Waals surface area contributed by atoms with E-state index in [1.807, 2.05) is 6.92 Å². The number of carbonyl (C=O) groups is 2. The van der Waals surface area contributed by atoms with E-state index < -0.39 is 0 Å². The maximum Gasteiger partial charge on any atom is 0.252 e. The summed E-state index contributed by atoms with van der Waals surface area (Å²) in [4.78, 5) is 29.4. The number of rotatable bonds is 6. The van der Waals surface area contributed by atoms with Crippen molar-refractivity contribution in [1.29, 1.82) is 0 Å². The number of aromatic nitrogens is 1. The van der Waals surface area contributed by atoms with Crippen LogP contribution in [0.3, 0.4) is 0 Å². The molecular weight excluding hydrogens is 286 g/mol. The topological polar surface area (TPSA) is 80.8 Å². The van der Waals surface area contributed by atoms with Gasteiger partial charge in [-0.3, -0.25) is 14.6 Å². The van der Waals surface area contributed by atoms with Gasteiger partial charge in [-0.25, -0.2) is 0 Å². The second-order valence-corrected chi connectivity index (χ2v) is 5.23.